The van der Waals surface area contributed by atoms with Crippen molar-refractivity contribution in [3.8, 4) is 10.7 Å². The second-order valence-corrected chi connectivity index (χ2v) is 12.4. The van der Waals surface area contributed by atoms with Crippen molar-refractivity contribution >= 4 is 33.0 Å². The van der Waals surface area contributed by atoms with Crippen molar-refractivity contribution in [2.75, 3.05) is 11.9 Å². The molecule has 12 heteroatoms. The summed E-state index contributed by atoms with van der Waals surface area (Å²) in [6.45, 7) is 7.29. The number of benzene rings is 1. The number of hydrogen-bond acceptors (Lipinski definition) is 6. The minimum Gasteiger partial charge on any atom is -0.378 e. The number of anilines is 1. The Bertz CT molecular complexity index is 1400. The average molecular weight is 567 g/mol. The molecule has 3 fully saturated rings. The molecule has 0 saturated carbocycles. The van der Waals surface area contributed by atoms with E-state index in [1.165, 1.54) is 0 Å². The first-order chi connectivity index (χ1) is 18.5. The Balaban J connectivity index is 1.36. The summed E-state index contributed by atoms with van der Waals surface area (Å²) in [6.07, 6.45) is -4.22. The first-order valence-electron chi connectivity index (χ1n) is 13.5. The first kappa shape index (κ1) is 26.5. The number of thiophene rings is 1. The van der Waals surface area contributed by atoms with Crippen LogP contribution in [0.2, 0.25) is 0 Å². The van der Waals surface area contributed by atoms with Crippen LogP contribution in [-0.2, 0) is 11.2 Å². The van der Waals surface area contributed by atoms with Crippen molar-refractivity contribution < 1.29 is 31.4 Å². The van der Waals surface area contributed by atoms with Gasteiger partial charge < -0.3 is 19.6 Å². The van der Waals surface area contributed by atoms with Crippen molar-refractivity contribution in [1.29, 1.82) is 0 Å². The number of piperidine rings is 1. The highest BCUT2D eigenvalue weighted by Crippen LogP contribution is 2.50. The molecule has 3 aromatic rings. The second kappa shape index (κ2) is 9.43. The lowest BCUT2D eigenvalue weighted by molar-refractivity contribution is -0.869. The molecule has 39 heavy (non-hydrogen) atoms. The fraction of sp³-hybridized carbons (Fsp3) is 0.593. The summed E-state index contributed by atoms with van der Waals surface area (Å²) in [5.41, 5.74) is 0.685. The van der Waals surface area contributed by atoms with Gasteiger partial charge in [-0.1, -0.05) is 24.2 Å². The van der Waals surface area contributed by atoms with E-state index in [2.05, 4.69) is 41.5 Å². The number of aromatic nitrogens is 2. The van der Waals surface area contributed by atoms with Crippen molar-refractivity contribution in [2.45, 2.75) is 95.4 Å². The SMILES string of the molecule is CCC1CC(Nc2cccc3c(CC(F)(F)F)c(-c4noc(C5CCC(=O)N5)n4)sc23)C(F)C2C[N+]12C(C)C. The molecular formula is C27H32F4N5O2S+. The Labute approximate surface area is 227 Å². The largest absolute Gasteiger partial charge is 0.393 e. The van der Waals surface area contributed by atoms with Gasteiger partial charge in [0.2, 0.25) is 17.6 Å². The van der Waals surface area contributed by atoms with E-state index in [0.29, 0.717) is 47.1 Å². The lowest BCUT2D eigenvalue weighted by Gasteiger charge is -2.41. The van der Waals surface area contributed by atoms with Gasteiger partial charge in [-0.2, -0.15) is 18.2 Å². The fourth-order valence-corrected chi connectivity index (χ4v) is 8.14. The van der Waals surface area contributed by atoms with Crippen LogP contribution in [0.4, 0.5) is 23.2 Å². The summed E-state index contributed by atoms with van der Waals surface area (Å²) in [5, 5.41) is 10.6. The Hall–Kier alpha value is -2.73. The predicted molar refractivity (Wildman–Crippen MR) is 140 cm³/mol. The third-order valence-corrected chi connectivity index (χ3v) is 10.1. The van der Waals surface area contributed by atoms with Crippen molar-refractivity contribution in [2.24, 2.45) is 0 Å². The minimum absolute atomic E-state index is 0.0473. The number of nitrogens with zero attached hydrogens (tertiary/aromatic N) is 3. The normalized spacial score (nSPS) is 30.6. The monoisotopic (exact) mass is 566 g/mol. The number of carbonyl (C=O) groups is 1. The van der Waals surface area contributed by atoms with Crippen LogP contribution < -0.4 is 10.6 Å². The maximum atomic E-state index is 15.7. The summed E-state index contributed by atoms with van der Waals surface area (Å²) < 4.78 is 63.7. The van der Waals surface area contributed by atoms with E-state index >= 15 is 4.39 Å². The first-order valence-corrected chi connectivity index (χ1v) is 14.4. The topological polar surface area (TPSA) is 80.0 Å². The third-order valence-electron chi connectivity index (χ3n) is 8.85. The summed E-state index contributed by atoms with van der Waals surface area (Å²) >= 11 is 1.15. The zero-order valence-corrected chi connectivity index (χ0v) is 22.8. The van der Waals surface area contributed by atoms with Gasteiger partial charge in [-0.05, 0) is 43.7 Å². The van der Waals surface area contributed by atoms with Crippen molar-refractivity contribution in [3.05, 3.63) is 29.7 Å². The molecule has 3 saturated heterocycles. The second-order valence-electron chi connectivity index (χ2n) is 11.3. The molecule has 0 radical (unpaired) electrons. The van der Waals surface area contributed by atoms with Gasteiger partial charge in [0.15, 0.2) is 12.2 Å². The molecule has 1 aromatic carbocycles. The molecular weight excluding hydrogens is 534 g/mol. The number of amides is 1. The van der Waals surface area contributed by atoms with E-state index in [1.54, 1.807) is 18.2 Å². The molecule has 210 valence electrons. The van der Waals surface area contributed by atoms with Gasteiger partial charge >= 0.3 is 6.18 Å². The quantitative estimate of drug-likeness (QED) is 0.211. The number of hydrogen-bond donors (Lipinski definition) is 2. The average Bonchev–Trinajstić information content (AvgIpc) is 3.14. The molecule has 6 rings (SSSR count). The minimum atomic E-state index is -4.45. The fourth-order valence-electron chi connectivity index (χ4n) is 6.92. The van der Waals surface area contributed by atoms with E-state index in [0.717, 1.165) is 28.8 Å². The van der Waals surface area contributed by atoms with Gasteiger partial charge in [0.25, 0.3) is 0 Å². The van der Waals surface area contributed by atoms with Gasteiger partial charge in [-0.3, -0.25) is 4.79 Å². The number of alkyl halides is 4. The van der Waals surface area contributed by atoms with Gasteiger partial charge in [0.05, 0.1) is 39.8 Å². The molecule has 0 aliphatic carbocycles. The van der Waals surface area contributed by atoms with Crippen molar-refractivity contribution in [3.63, 3.8) is 0 Å². The predicted octanol–water partition coefficient (Wildman–Crippen LogP) is 5.92. The Morgan fingerprint density at radius 3 is 2.77 bits per heavy atom. The molecule has 6 atom stereocenters. The van der Waals surface area contributed by atoms with Crippen molar-refractivity contribution in [1.82, 2.24) is 15.5 Å². The van der Waals surface area contributed by atoms with Crippen LogP contribution in [0.3, 0.4) is 0 Å². The Morgan fingerprint density at radius 1 is 1.31 bits per heavy atom. The maximum Gasteiger partial charge on any atom is 0.393 e. The van der Waals surface area contributed by atoms with Gasteiger partial charge in [0, 0.05) is 12.8 Å². The maximum absolute atomic E-state index is 15.7. The highest BCUT2D eigenvalue weighted by molar-refractivity contribution is 7.23. The smallest absolute Gasteiger partial charge is 0.378 e. The molecule has 2 aromatic heterocycles. The van der Waals surface area contributed by atoms with E-state index in [1.807, 2.05) is 0 Å². The highest BCUT2D eigenvalue weighted by atomic mass is 32.1. The lowest BCUT2D eigenvalue weighted by Crippen LogP contribution is -2.56. The van der Waals surface area contributed by atoms with Crippen LogP contribution in [-0.4, -0.2) is 63.6 Å². The Morgan fingerprint density at radius 2 is 2.10 bits per heavy atom. The highest BCUT2D eigenvalue weighted by Gasteiger charge is 2.69. The van der Waals surface area contributed by atoms with Crippen LogP contribution >= 0.6 is 11.3 Å². The molecule has 2 N–H and O–H groups in total. The van der Waals surface area contributed by atoms with Gasteiger partial charge in [0.1, 0.15) is 12.6 Å². The lowest BCUT2D eigenvalue weighted by atomic mass is 9.92. The molecule has 5 heterocycles. The van der Waals surface area contributed by atoms with E-state index < -0.39 is 30.9 Å². The van der Waals surface area contributed by atoms with Crippen LogP contribution in [0.5, 0.6) is 0 Å². The van der Waals surface area contributed by atoms with E-state index in [9.17, 15) is 18.0 Å². The molecule has 7 nitrogen and oxygen atoms in total. The number of halogens is 4. The van der Waals surface area contributed by atoms with Gasteiger partial charge in [-0.15, -0.1) is 11.3 Å². The van der Waals surface area contributed by atoms with Crippen LogP contribution in [0.1, 0.15) is 64.0 Å². The summed E-state index contributed by atoms with van der Waals surface area (Å²) in [5.74, 6) is 0.0976. The molecule has 0 bridgehead atoms. The molecule has 1 amide bonds. The summed E-state index contributed by atoms with van der Waals surface area (Å²) in [6, 6.07) is 4.94. The molecule has 0 spiro atoms. The van der Waals surface area contributed by atoms with E-state index in [4.69, 9.17) is 4.52 Å². The van der Waals surface area contributed by atoms with Crippen LogP contribution in [0.25, 0.3) is 20.8 Å². The number of rotatable bonds is 7. The number of nitrogens with one attached hydrogen (secondary N) is 2. The van der Waals surface area contributed by atoms with Crippen LogP contribution in [0.15, 0.2) is 22.7 Å². The van der Waals surface area contributed by atoms with E-state index in [-0.39, 0.29) is 34.1 Å². The molecule has 3 aliphatic heterocycles. The number of fused-ring (bicyclic) bond motifs is 2. The Kier molecular flexibility index (Phi) is 6.41. The summed E-state index contributed by atoms with van der Waals surface area (Å²) in [7, 11) is 0. The number of quaternary nitrogens is 1. The zero-order chi connectivity index (χ0) is 27.7. The molecule has 3 aliphatic rings. The van der Waals surface area contributed by atoms with Crippen LogP contribution in [0, 0.1) is 0 Å². The number of carbonyl (C=O) groups excluding carboxylic acids is 1. The van der Waals surface area contributed by atoms with Gasteiger partial charge in [-0.25, -0.2) is 4.39 Å². The molecule has 6 unspecified atom stereocenters. The standard InChI is InChI=1S/C27H31F4N5O2S/c1-4-14-10-19(22(28)20-12-36(14,20)13(2)3)32-17-7-5-6-15-16(11-27(29,30)31)24(39-23(15)17)25-34-26(38-35-25)18-8-9-21(37)33-18/h5-7,13-14,18-20,22,32H,4,8-12H2,1-3H3/p+1. The third kappa shape index (κ3) is 4.49. The zero-order valence-electron chi connectivity index (χ0n) is 22.0. The summed E-state index contributed by atoms with van der Waals surface area (Å²) in [4.78, 5) is 16.2.